The first-order chi connectivity index (χ1) is 35.7. The summed E-state index contributed by atoms with van der Waals surface area (Å²) in [6.45, 7) is 28.2. The third-order valence-corrected chi connectivity index (χ3v) is 15.7. The monoisotopic (exact) mass is 981 g/mol. The molecule has 0 saturated carbocycles. The first-order valence-corrected chi connectivity index (χ1v) is 26.7. The average Bonchev–Trinajstić information content (AvgIpc) is 3.95. The van der Waals surface area contributed by atoms with Gasteiger partial charge in [-0.25, -0.2) is 4.98 Å². The van der Waals surface area contributed by atoms with Gasteiger partial charge in [-0.1, -0.05) is 192 Å². The molecule has 374 valence electrons. The van der Waals surface area contributed by atoms with Gasteiger partial charge in [-0.2, -0.15) is 0 Å². The van der Waals surface area contributed by atoms with Crippen molar-refractivity contribution in [2.75, 3.05) is 4.90 Å². The molecule has 0 N–H and O–H groups in total. The highest BCUT2D eigenvalue weighted by Gasteiger charge is 2.28. The van der Waals surface area contributed by atoms with Crippen LogP contribution >= 0.6 is 0 Å². The maximum atomic E-state index is 6.99. The van der Waals surface area contributed by atoms with Gasteiger partial charge in [0.25, 0.3) is 0 Å². The topological polar surface area (TPSA) is 35.2 Å². The van der Waals surface area contributed by atoms with E-state index in [0.717, 1.165) is 39.7 Å². The van der Waals surface area contributed by atoms with Crippen molar-refractivity contribution in [3.05, 3.63) is 204 Å². The zero-order chi connectivity index (χ0) is 52.3. The highest BCUT2D eigenvalue weighted by atomic mass is 16.5. The van der Waals surface area contributed by atoms with E-state index in [1.165, 1.54) is 87.5 Å². The number of pyridine rings is 1. The van der Waals surface area contributed by atoms with Crippen LogP contribution in [0.4, 0.5) is 11.4 Å². The van der Waals surface area contributed by atoms with Gasteiger partial charge < -0.3 is 14.2 Å². The number of nitrogens with zero attached hydrogens (tertiary/aromatic N) is 4. The number of fused-ring (bicyclic) bond motifs is 10. The van der Waals surface area contributed by atoms with Crippen LogP contribution in [0.2, 0.25) is 0 Å². The van der Waals surface area contributed by atoms with Crippen molar-refractivity contribution in [1.29, 1.82) is 0 Å². The highest BCUT2D eigenvalue weighted by Crippen LogP contribution is 2.46. The summed E-state index contributed by atoms with van der Waals surface area (Å²) in [5.74, 6) is 2.43. The second-order valence-electron chi connectivity index (χ2n) is 25.0. The summed E-state index contributed by atoms with van der Waals surface area (Å²) in [4.78, 5) is 7.46. The van der Waals surface area contributed by atoms with Crippen molar-refractivity contribution < 1.29 is 4.74 Å². The molecule has 11 aromatic rings. The van der Waals surface area contributed by atoms with Crippen LogP contribution in [0.25, 0.3) is 82.1 Å². The second kappa shape index (κ2) is 17.3. The molecule has 3 aromatic heterocycles. The van der Waals surface area contributed by atoms with Crippen molar-refractivity contribution in [2.45, 2.75) is 111 Å². The number of ether oxygens (including phenoxy) is 1. The van der Waals surface area contributed by atoms with Gasteiger partial charge >= 0.3 is 0 Å². The normalized spacial score (nSPS) is 13.3. The molecule has 0 radical (unpaired) electrons. The van der Waals surface area contributed by atoms with Gasteiger partial charge in [0.05, 0.1) is 27.8 Å². The Morgan fingerprint density at radius 2 is 0.960 bits per heavy atom. The standard InChI is InChI=1S/C70H68N4O/c1-67(2,3)45-30-33-61-60(39-45)57-32-31-51(42-63(57)74(61)64-40-46(34-35-71-64)68(4,5)6)75-50-21-17-20-49(41-50)72-43-73-65-52(44-36-47(69(7,8)9)38-48(37-44)70(10,11)12)26-18-27-58(65)55-24-15-13-22-53(55)54-23-14-16-25-56(54)59-28-19-29-62(72)66(59)73/h13-42H,43H2,1-12H3. The minimum Gasteiger partial charge on any atom is -0.457 e. The predicted molar refractivity (Wildman–Crippen MR) is 320 cm³/mol. The molecule has 0 atom stereocenters. The maximum absolute atomic E-state index is 6.99. The minimum atomic E-state index is -0.0438. The van der Waals surface area contributed by atoms with Crippen LogP contribution in [0.1, 0.15) is 105 Å². The number of hydrogen-bond acceptors (Lipinski definition) is 3. The maximum Gasteiger partial charge on any atom is 0.137 e. The molecular weight excluding hydrogens is 913 g/mol. The van der Waals surface area contributed by atoms with E-state index < -0.39 is 0 Å². The largest absolute Gasteiger partial charge is 0.457 e. The molecule has 0 unspecified atom stereocenters. The van der Waals surface area contributed by atoms with E-state index in [1.54, 1.807) is 0 Å². The Balaban J connectivity index is 1.05. The van der Waals surface area contributed by atoms with E-state index in [4.69, 9.17) is 9.72 Å². The van der Waals surface area contributed by atoms with Crippen molar-refractivity contribution in [2.24, 2.45) is 0 Å². The number of rotatable bonds is 5. The molecule has 1 aliphatic heterocycles. The number of benzene rings is 8. The van der Waals surface area contributed by atoms with Gasteiger partial charge in [0, 0.05) is 51.1 Å². The lowest BCUT2D eigenvalue weighted by molar-refractivity contribution is 0.483. The summed E-state index contributed by atoms with van der Waals surface area (Å²) in [6, 6.07) is 65.4. The average molecular weight is 981 g/mol. The van der Waals surface area contributed by atoms with Gasteiger partial charge in [-0.05, 0) is 126 Å². The summed E-state index contributed by atoms with van der Waals surface area (Å²) in [6.07, 6.45) is 1.94. The fourth-order valence-corrected chi connectivity index (χ4v) is 11.4. The summed E-state index contributed by atoms with van der Waals surface area (Å²) in [7, 11) is 0. The quantitative estimate of drug-likeness (QED) is 0.172. The molecule has 4 heterocycles. The van der Waals surface area contributed by atoms with Crippen molar-refractivity contribution in [3.8, 4) is 28.4 Å². The Kier molecular flexibility index (Phi) is 11.1. The van der Waals surface area contributed by atoms with Gasteiger partial charge in [-0.15, -0.1) is 0 Å². The van der Waals surface area contributed by atoms with E-state index in [9.17, 15) is 0 Å². The number of aromatic nitrogens is 3. The van der Waals surface area contributed by atoms with Crippen molar-refractivity contribution in [3.63, 3.8) is 0 Å². The summed E-state index contributed by atoms with van der Waals surface area (Å²) in [5, 5.41) is 9.68. The van der Waals surface area contributed by atoms with Gasteiger partial charge in [0.2, 0.25) is 0 Å². The van der Waals surface area contributed by atoms with Gasteiger partial charge in [-0.3, -0.25) is 4.57 Å². The first kappa shape index (κ1) is 48.1. The van der Waals surface area contributed by atoms with Crippen LogP contribution in [0, 0.1) is 0 Å². The fourth-order valence-electron chi connectivity index (χ4n) is 11.4. The van der Waals surface area contributed by atoms with E-state index in [1.807, 2.05) is 6.20 Å². The Morgan fingerprint density at radius 1 is 0.400 bits per heavy atom. The molecule has 0 amide bonds. The van der Waals surface area contributed by atoms with Gasteiger partial charge in [0.1, 0.15) is 24.0 Å². The third kappa shape index (κ3) is 8.38. The lowest BCUT2D eigenvalue weighted by Crippen LogP contribution is -2.17. The lowest BCUT2D eigenvalue weighted by atomic mass is 9.78. The molecule has 5 nitrogen and oxygen atoms in total. The third-order valence-electron chi connectivity index (χ3n) is 15.7. The molecular formula is C70H68N4O. The molecule has 0 bridgehead atoms. The Hall–Kier alpha value is -7.89. The highest BCUT2D eigenvalue weighted by molar-refractivity contribution is 6.22. The Labute approximate surface area is 442 Å². The van der Waals surface area contributed by atoms with Crippen LogP contribution < -0.4 is 9.64 Å². The molecule has 75 heavy (non-hydrogen) atoms. The SMILES string of the molecule is CC(C)(C)c1cc(-c2cccc3c4ccccc4c4ccccc4c4cccc5c4n(c23)CN5c2cccc(Oc3ccc4c5cc(C(C)(C)C)ccc5n(-c5cc(C(C)(C)C)ccn5)c4c3)c2)cc(C(C)(C)C)c1. The number of hydrogen-bond donors (Lipinski definition) is 0. The van der Waals surface area contributed by atoms with E-state index >= 15 is 0 Å². The van der Waals surface area contributed by atoms with Gasteiger partial charge in [0.15, 0.2) is 0 Å². The summed E-state index contributed by atoms with van der Waals surface area (Å²) in [5.41, 5.74) is 14.3. The van der Waals surface area contributed by atoms with Crippen LogP contribution in [0.15, 0.2) is 182 Å². The Bertz CT molecular complexity index is 4140. The Morgan fingerprint density at radius 3 is 1.60 bits per heavy atom. The number of para-hydroxylation sites is 2. The summed E-state index contributed by atoms with van der Waals surface area (Å²) >= 11 is 0. The molecule has 0 saturated heterocycles. The molecule has 1 aliphatic rings. The van der Waals surface area contributed by atoms with Crippen LogP contribution in [0.3, 0.4) is 0 Å². The number of anilines is 2. The van der Waals surface area contributed by atoms with Crippen LogP contribution in [-0.2, 0) is 28.3 Å². The van der Waals surface area contributed by atoms with E-state index in [-0.39, 0.29) is 21.7 Å². The molecule has 0 fully saturated rings. The minimum absolute atomic E-state index is 0.000816. The first-order valence-electron chi connectivity index (χ1n) is 26.7. The zero-order valence-electron chi connectivity index (χ0n) is 45.7. The zero-order valence-corrected chi connectivity index (χ0v) is 45.7. The van der Waals surface area contributed by atoms with Crippen molar-refractivity contribution in [1.82, 2.24) is 14.1 Å². The predicted octanol–water partition coefficient (Wildman–Crippen LogP) is 19.5. The van der Waals surface area contributed by atoms with E-state index in [2.05, 4.69) is 273 Å². The molecule has 5 heteroatoms. The second-order valence-corrected chi connectivity index (χ2v) is 25.0. The molecule has 0 aliphatic carbocycles. The fraction of sp³-hybridized carbons (Fsp3) is 0.243. The molecule has 8 aromatic carbocycles. The smallest absolute Gasteiger partial charge is 0.137 e. The van der Waals surface area contributed by atoms with Crippen molar-refractivity contribution >= 4 is 76.5 Å². The van der Waals surface area contributed by atoms with E-state index in [0.29, 0.717) is 6.67 Å². The summed E-state index contributed by atoms with van der Waals surface area (Å²) < 4.78 is 11.9. The molecule has 12 rings (SSSR count). The molecule has 0 spiro atoms. The van der Waals surface area contributed by atoms with Crippen LogP contribution in [0.5, 0.6) is 11.5 Å². The van der Waals surface area contributed by atoms with Crippen LogP contribution in [-0.4, -0.2) is 14.1 Å². The lowest BCUT2D eigenvalue weighted by Gasteiger charge is -2.27.